The predicted octanol–water partition coefficient (Wildman–Crippen LogP) is 0.424. The largest absolute Gasteiger partial charge is 0.381 e. The fourth-order valence-corrected chi connectivity index (χ4v) is 1.86. The molecule has 17 heavy (non-hydrogen) atoms. The van der Waals surface area contributed by atoms with Crippen molar-refractivity contribution in [2.24, 2.45) is 5.73 Å². The molecule has 7 nitrogen and oxygen atoms in total. The summed E-state index contributed by atoms with van der Waals surface area (Å²) < 4.78 is 10.5. The summed E-state index contributed by atoms with van der Waals surface area (Å²) in [5.41, 5.74) is 5.67. The number of H-pyrrole nitrogens is 1. The van der Waals surface area contributed by atoms with Gasteiger partial charge >= 0.3 is 0 Å². The maximum Gasteiger partial charge on any atom is 0.247 e. The molecule has 0 bridgehead atoms. The Morgan fingerprint density at radius 2 is 2.18 bits per heavy atom. The lowest BCUT2D eigenvalue weighted by molar-refractivity contribution is 0.0400. The van der Waals surface area contributed by atoms with E-state index >= 15 is 0 Å². The number of nitrogens with two attached hydrogens (primary N) is 1. The minimum atomic E-state index is -0.573. The molecule has 1 fully saturated rings. The van der Waals surface area contributed by atoms with Crippen LogP contribution in [0.5, 0.6) is 0 Å². The molecule has 0 amide bonds. The van der Waals surface area contributed by atoms with E-state index in [1.165, 1.54) is 0 Å². The molecule has 90 valence electrons. The molecule has 7 heteroatoms. The summed E-state index contributed by atoms with van der Waals surface area (Å²) in [5.74, 6) is 1.46. The van der Waals surface area contributed by atoms with Crippen molar-refractivity contribution >= 4 is 0 Å². The zero-order valence-electron chi connectivity index (χ0n) is 9.22. The van der Waals surface area contributed by atoms with Crippen LogP contribution in [0.3, 0.4) is 0 Å². The first kappa shape index (κ1) is 10.4. The summed E-state index contributed by atoms with van der Waals surface area (Å²) in [4.78, 5) is 11.3. The van der Waals surface area contributed by atoms with Crippen molar-refractivity contribution in [1.29, 1.82) is 0 Å². The first-order valence-corrected chi connectivity index (χ1v) is 5.48. The second-order valence-electron chi connectivity index (χ2n) is 4.13. The third kappa shape index (κ3) is 1.83. The summed E-state index contributed by atoms with van der Waals surface area (Å²) in [6.07, 6.45) is 4.72. The van der Waals surface area contributed by atoms with E-state index in [-0.39, 0.29) is 0 Å². The zero-order chi connectivity index (χ0) is 11.7. The SMILES string of the molecule is NC1(c2nc(-c3ncc[nH]3)no2)CCOCC1. The highest BCUT2D eigenvalue weighted by Gasteiger charge is 2.36. The van der Waals surface area contributed by atoms with Gasteiger partial charge in [0.25, 0.3) is 0 Å². The Labute approximate surface area is 97.4 Å². The maximum atomic E-state index is 6.24. The molecule has 2 aromatic heterocycles. The van der Waals surface area contributed by atoms with Crippen molar-refractivity contribution in [2.75, 3.05) is 13.2 Å². The molecule has 1 aliphatic heterocycles. The molecule has 1 saturated heterocycles. The average Bonchev–Trinajstić information content (AvgIpc) is 3.01. The summed E-state index contributed by atoms with van der Waals surface area (Å²) in [5, 5.41) is 3.88. The molecule has 0 saturated carbocycles. The summed E-state index contributed by atoms with van der Waals surface area (Å²) >= 11 is 0. The van der Waals surface area contributed by atoms with Crippen molar-refractivity contribution in [3.8, 4) is 11.6 Å². The van der Waals surface area contributed by atoms with E-state index in [4.69, 9.17) is 15.0 Å². The highest BCUT2D eigenvalue weighted by atomic mass is 16.5. The lowest BCUT2D eigenvalue weighted by Crippen LogP contribution is -2.42. The van der Waals surface area contributed by atoms with Crippen LogP contribution in [0.15, 0.2) is 16.9 Å². The first-order valence-electron chi connectivity index (χ1n) is 5.48. The fraction of sp³-hybridized carbons (Fsp3) is 0.500. The normalized spacial score (nSPS) is 19.4. The van der Waals surface area contributed by atoms with Gasteiger partial charge in [-0.05, 0) is 12.8 Å². The third-order valence-corrected chi connectivity index (χ3v) is 2.95. The van der Waals surface area contributed by atoms with Gasteiger partial charge in [0.2, 0.25) is 11.7 Å². The number of nitrogens with zero attached hydrogens (tertiary/aromatic N) is 3. The molecular formula is C10H13N5O2. The van der Waals surface area contributed by atoms with Gasteiger partial charge in [0.1, 0.15) is 5.54 Å². The van der Waals surface area contributed by atoms with Crippen LogP contribution in [0.2, 0.25) is 0 Å². The van der Waals surface area contributed by atoms with E-state index in [9.17, 15) is 0 Å². The Kier molecular flexibility index (Phi) is 2.41. The van der Waals surface area contributed by atoms with Crippen LogP contribution in [-0.4, -0.2) is 33.3 Å². The number of hydrogen-bond donors (Lipinski definition) is 2. The van der Waals surface area contributed by atoms with Crippen molar-refractivity contribution in [1.82, 2.24) is 20.1 Å². The maximum absolute atomic E-state index is 6.24. The molecule has 3 rings (SSSR count). The topological polar surface area (TPSA) is 103 Å². The Morgan fingerprint density at radius 3 is 2.88 bits per heavy atom. The van der Waals surface area contributed by atoms with Crippen LogP contribution < -0.4 is 5.73 Å². The summed E-state index contributed by atoms with van der Waals surface area (Å²) in [6.45, 7) is 1.24. The highest BCUT2D eigenvalue weighted by molar-refractivity contribution is 5.41. The van der Waals surface area contributed by atoms with Crippen molar-refractivity contribution in [2.45, 2.75) is 18.4 Å². The van der Waals surface area contributed by atoms with Gasteiger partial charge in [0, 0.05) is 25.6 Å². The Balaban J connectivity index is 1.89. The van der Waals surface area contributed by atoms with Crippen LogP contribution in [0.4, 0.5) is 0 Å². The molecule has 0 aliphatic carbocycles. The molecule has 2 aromatic rings. The van der Waals surface area contributed by atoms with Crippen molar-refractivity contribution < 1.29 is 9.26 Å². The van der Waals surface area contributed by atoms with Crippen LogP contribution in [-0.2, 0) is 10.3 Å². The van der Waals surface area contributed by atoms with E-state index in [0.29, 0.717) is 43.6 Å². The number of aromatic amines is 1. The predicted molar refractivity (Wildman–Crippen MR) is 57.8 cm³/mol. The lowest BCUT2D eigenvalue weighted by atomic mass is 9.91. The zero-order valence-corrected chi connectivity index (χ0v) is 9.22. The standard InChI is InChI=1S/C10H13N5O2/c11-10(1-5-16-6-2-10)9-14-8(15-17-9)7-12-3-4-13-7/h3-4H,1-2,5-6,11H2,(H,12,13). The number of nitrogens with one attached hydrogen (secondary N) is 1. The number of hydrogen-bond acceptors (Lipinski definition) is 6. The lowest BCUT2D eigenvalue weighted by Gasteiger charge is -2.29. The van der Waals surface area contributed by atoms with E-state index in [1.54, 1.807) is 12.4 Å². The molecule has 0 atom stereocenters. The van der Waals surface area contributed by atoms with E-state index in [0.717, 1.165) is 0 Å². The Hall–Kier alpha value is -1.73. The van der Waals surface area contributed by atoms with Gasteiger partial charge in [-0.25, -0.2) is 4.98 Å². The Morgan fingerprint density at radius 1 is 1.35 bits per heavy atom. The van der Waals surface area contributed by atoms with E-state index < -0.39 is 5.54 Å². The van der Waals surface area contributed by atoms with Gasteiger partial charge in [0.05, 0.1) is 0 Å². The summed E-state index contributed by atoms with van der Waals surface area (Å²) in [7, 11) is 0. The van der Waals surface area contributed by atoms with Crippen LogP contribution in [0.25, 0.3) is 11.6 Å². The van der Waals surface area contributed by atoms with Gasteiger partial charge in [-0.3, -0.25) is 0 Å². The average molecular weight is 235 g/mol. The monoisotopic (exact) mass is 235 g/mol. The highest BCUT2D eigenvalue weighted by Crippen LogP contribution is 2.28. The minimum Gasteiger partial charge on any atom is -0.381 e. The molecule has 0 radical (unpaired) electrons. The van der Waals surface area contributed by atoms with E-state index in [1.807, 2.05) is 0 Å². The number of imidazole rings is 1. The quantitative estimate of drug-likeness (QED) is 0.782. The van der Waals surface area contributed by atoms with Gasteiger partial charge < -0.3 is 20.0 Å². The van der Waals surface area contributed by atoms with Crippen LogP contribution in [0.1, 0.15) is 18.7 Å². The van der Waals surface area contributed by atoms with Crippen LogP contribution in [0, 0.1) is 0 Å². The van der Waals surface area contributed by atoms with Crippen molar-refractivity contribution in [3.05, 3.63) is 18.3 Å². The fourth-order valence-electron chi connectivity index (χ4n) is 1.86. The van der Waals surface area contributed by atoms with Gasteiger partial charge in [-0.1, -0.05) is 5.16 Å². The van der Waals surface area contributed by atoms with Crippen molar-refractivity contribution in [3.63, 3.8) is 0 Å². The smallest absolute Gasteiger partial charge is 0.247 e. The van der Waals surface area contributed by atoms with E-state index in [2.05, 4.69) is 20.1 Å². The van der Waals surface area contributed by atoms with Gasteiger partial charge in [0.15, 0.2) is 5.82 Å². The molecule has 3 heterocycles. The molecule has 0 unspecified atom stereocenters. The minimum absolute atomic E-state index is 0.432. The van der Waals surface area contributed by atoms with Gasteiger partial charge in [-0.2, -0.15) is 4.98 Å². The molecular weight excluding hydrogens is 222 g/mol. The third-order valence-electron chi connectivity index (χ3n) is 2.95. The molecule has 1 aliphatic rings. The molecule has 3 N–H and O–H groups in total. The second kappa shape index (κ2) is 3.94. The molecule has 0 spiro atoms. The number of ether oxygens (including phenoxy) is 1. The number of rotatable bonds is 2. The first-order chi connectivity index (χ1) is 8.28. The summed E-state index contributed by atoms with van der Waals surface area (Å²) in [6, 6.07) is 0. The van der Waals surface area contributed by atoms with Crippen LogP contribution >= 0.6 is 0 Å². The van der Waals surface area contributed by atoms with Gasteiger partial charge in [-0.15, -0.1) is 0 Å². The molecule has 0 aromatic carbocycles. The Bertz CT molecular complexity index is 487. The number of aromatic nitrogens is 4. The second-order valence-corrected chi connectivity index (χ2v) is 4.13.